The molecule has 2 aliphatic carbocycles. The molecule has 0 radical (unpaired) electrons. The summed E-state index contributed by atoms with van der Waals surface area (Å²) in [4.78, 5) is 30.2. The molecular weight excluding hydrogens is 416 g/mol. The molecule has 2 aliphatic rings. The van der Waals surface area contributed by atoms with E-state index in [1.165, 1.54) is 12.8 Å². The maximum Gasteiger partial charge on any atom is 0.416 e. The van der Waals surface area contributed by atoms with Crippen LogP contribution in [0.3, 0.4) is 0 Å². The predicted octanol–water partition coefficient (Wildman–Crippen LogP) is 6.61. The van der Waals surface area contributed by atoms with Crippen molar-refractivity contribution in [1.29, 1.82) is 0 Å². The maximum atomic E-state index is 13.3. The Hall–Kier alpha value is -3.02. The van der Waals surface area contributed by atoms with Gasteiger partial charge in [0.1, 0.15) is 18.2 Å². The number of benzene rings is 2. The van der Waals surface area contributed by atoms with Crippen molar-refractivity contribution in [3.8, 4) is 11.5 Å². The lowest BCUT2D eigenvalue weighted by molar-refractivity contribution is 0.0473. The van der Waals surface area contributed by atoms with Gasteiger partial charge in [0.25, 0.3) is 0 Å². The Morgan fingerprint density at radius 1 is 0.606 bits per heavy atom. The number of ether oxygens (including phenoxy) is 2. The summed E-state index contributed by atoms with van der Waals surface area (Å²) in [7, 11) is 0. The van der Waals surface area contributed by atoms with E-state index in [4.69, 9.17) is 9.47 Å². The third-order valence-corrected chi connectivity index (χ3v) is 6.70. The summed E-state index contributed by atoms with van der Waals surface area (Å²) in [5.74, 6) is 1.03. The average molecular weight is 451 g/mol. The van der Waals surface area contributed by atoms with Crippen molar-refractivity contribution in [2.45, 2.75) is 76.3 Å². The minimum atomic E-state index is -0.401. The fourth-order valence-corrected chi connectivity index (χ4v) is 4.89. The van der Waals surface area contributed by atoms with E-state index < -0.39 is 12.2 Å². The van der Waals surface area contributed by atoms with Gasteiger partial charge in [0.2, 0.25) is 0 Å². The molecule has 2 aromatic rings. The Kier molecular flexibility index (Phi) is 8.23. The minimum Gasteiger partial charge on any atom is -0.410 e. The van der Waals surface area contributed by atoms with Gasteiger partial charge in [-0.15, -0.1) is 0 Å². The fraction of sp³-hybridized carbons (Fsp3) is 0.481. The zero-order valence-corrected chi connectivity index (χ0v) is 19.2. The molecule has 0 spiro atoms. The number of rotatable bonds is 6. The lowest BCUT2D eigenvalue weighted by atomic mass is 9.93. The summed E-state index contributed by atoms with van der Waals surface area (Å²) in [6.45, 7) is 0.187. The largest absolute Gasteiger partial charge is 0.416 e. The van der Waals surface area contributed by atoms with Crippen LogP contribution in [-0.4, -0.2) is 40.7 Å². The van der Waals surface area contributed by atoms with Crippen LogP contribution in [0.2, 0.25) is 0 Å². The van der Waals surface area contributed by atoms with E-state index in [1.807, 2.05) is 36.4 Å². The second-order valence-corrected chi connectivity index (χ2v) is 9.03. The smallest absolute Gasteiger partial charge is 0.410 e. The van der Waals surface area contributed by atoms with Gasteiger partial charge < -0.3 is 9.47 Å². The molecule has 0 unspecified atom stereocenters. The number of hydrogen-bond acceptors (Lipinski definition) is 4. The Morgan fingerprint density at radius 3 is 1.33 bits per heavy atom. The van der Waals surface area contributed by atoms with Crippen molar-refractivity contribution in [3.63, 3.8) is 0 Å². The number of carbonyl (C=O) groups is 2. The Labute approximate surface area is 196 Å². The summed E-state index contributed by atoms with van der Waals surface area (Å²) >= 11 is 0. The van der Waals surface area contributed by atoms with Gasteiger partial charge in [-0.2, -0.15) is 0 Å². The molecule has 33 heavy (non-hydrogen) atoms. The highest BCUT2D eigenvalue weighted by Gasteiger charge is 2.34. The molecular formula is C27H34N2O4. The summed E-state index contributed by atoms with van der Waals surface area (Å²) in [5.41, 5.74) is 0. The number of amides is 2. The molecule has 2 amide bonds. The molecule has 0 atom stereocenters. The highest BCUT2D eigenvalue weighted by molar-refractivity contribution is 5.74. The molecule has 2 aromatic carbocycles. The molecule has 4 rings (SSSR count). The number of nitrogens with zero attached hydrogens (tertiary/aromatic N) is 2. The standard InChI is InChI=1S/C27H34N2O4/c30-26(32-24-17-9-3-10-18-24)28(22-13-5-1-6-14-22)21-29(23-15-7-2-8-16-23)27(31)33-25-19-11-4-12-20-25/h3-4,9-12,17-20,22-23H,1-2,5-8,13-16,21H2. The minimum absolute atomic E-state index is 0.0607. The molecule has 0 aromatic heterocycles. The molecule has 0 saturated heterocycles. The molecule has 0 N–H and O–H groups in total. The van der Waals surface area contributed by atoms with Crippen molar-refractivity contribution < 1.29 is 19.1 Å². The molecule has 176 valence electrons. The lowest BCUT2D eigenvalue weighted by Gasteiger charge is -2.40. The quantitative estimate of drug-likeness (QED) is 0.465. The highest BCUT2D eigenvalue weighted by atomic mass is 16.6. The van der Waals surface area contributed by atoms with E-state index in [0.717, 1.165) is 51.4 Å². The first kappa shape index (κ1) is 23.1. The molecule has 0 aliphatic heterocycles. The van der Waals surface area contributed by atoms with Gasteiger partial charge in [-0.05, 0) is 49.9 Å². The highest BCUT2D eigenvalue weighted by Crippen LogP contribution is 2.28. The van der Waals surface area contributed by atoms with Crippen LogP contribution in [-0.2, 0) is 0 Å². The third kappa shape index (κ3) is 6.50. The molecule has 2 fully saturated rings. The second-order valence-electron chi connectivity index (χ2n) is 9.03. The molecule has 0 bridgehead atoms. The van der Waals surface area contributed by atoms with Gasteiger partial charge in [0.15, 0.2) is 0 Å². The van der Waals surface area contributed by atoms with Crippen LogP contribution >= 0.6 is 0 Å². The summed E-state index contributed by atoms with van der Waals surface area (Å²) in [6.07, 6.45) is 9.59. The molecule has 6 nitrogen and oxygen atoms in total. The summed E-state index contributed by atoms with van der Waals surface area (Å²) in [6, 6.07) is 18.4. The van der Waals surface area contributed by atoms with Crippen molar-refractivity contribution >= 4 is 12.2 Å². The van der Waals surface area contributed by atoms with E-state index in [0.29, 0.717) is 11.5 Å². The van der Waals surface area contributed by atoms with Crippen molar-refractivity contribution in [3.05, 3.63) is 60.7 Å². The van der Waals surface area contributed by atoms with Crippen LogP contribution in [0.25, 0.3) is 0 Å². The summed E-state index contributed by atoms with van der Waals surface area (Å²) in [5, 5.41) is 0. The van der Waals surface area contributed by atoms with Crippen LogP contribution in [0.1, 0.15) is 64.2 Å². The monoisotopic (exact) mass is 450 g/mol. The first-order valence-corrected chi connectivity index (χ1v) is 12.3. The topological polar surface area (TPSA) is 59.1 Å². The molecule has 2 saturated carbocycles. The fourth-order valence-electron chi connectivity index (χ4n) is 4.89. The third-order valence-electron chi connectivity index (χ3n) is 6.70. The molecule has 6 heteroatoms. The van der Waals surface area contributed by atoms with Gasteiger partial charge >= 0.3 is 12.2 Å². The van der Waals surface area contributed by atoms with E-state index in [1.54, 1.807) is 34.1 Å². The number of hydrogen-bond donors (Lipinski definition) is 0. The Bertz CT molecular complexity index is 804. The van der Waals surface area contributed by atoms with E-state index in [9.17, 15) is 9.59 Å². The van der Waals surface area contributed by atoms with Crippen molar-refractivity contribution in [2.24, 2.45) is 0 Å². The lowest BCUT2D eigenvalue weighted by Crippen LogP contribution is -2.54. The Morgan fingerprint density at radius 2 is 0.970 bits per heavy atom. The van der Waals surface area contributed by atoms with E-state index >= 15 is 0 Å². The van der Waals surface area contributed by atoms with E-state index in [-0.39, 0.29) is 18.8 Å². The van der Waals surface area contributed by atoms with Gasteiger partial charge in [-0.25, -0.2) is 9.59 Å². The van der Waals surface area contributed by atoms with Crippen LogP contribution in [0.5, 0.6) is 11.5 Å². The zero-order valence-electron chi connectivity index (χ0n) is 19.2. The number of para-hydroxylation sites is 2. The average Bonchev–Trinajstić information content (AvgIpc) is 2.87. The van der Waals surface area contributed by atoms with Gasteiger partial charge in [-0.1, -0.05) is 74.9 Å². The zero-order chi connectivity index (χ0) is 22.9. The Balaban J connectivity index is 1.55. The van der Waals surface area contributed by atoms with Crippen LogP contribution in [0, 0.1) is 0 Å². The van der Waals surface area contributed by atoms with Crippen molar-refractivity contribution in [2.75, 3.05) is 6.67 Å². The first-order chi connectivity index (χ1) is 16.2. The maximum absolute atomic E-state index is 13.3. The van der Waals surface area contributed by atoms with Gasteiger partial charge in [0.05, 0.1) is 0 Å². The number of carbonyl (C=O) groups excluding carboxylic acids is 2. The SMILES string of the molecule is O=C(Oc1ccccc1)N(CN(C(=O)Oc1ccccc1)C1CCCCC1)C1CCCCC1. The second kappa shape index (κ2) is 11.7. The predicted molar refractivity (Wildman–Crippen MR) is 127 cm³/mol. The summed E-state index contributed by atoms with van der Waals surface area (Å²) < 4.78 is 11.4. The van der Waals surface area contributed by atoms with Gasteiger partial charge in [-0.3, -0.25) is 9.80 Å². The van der Waals surface area contributed by atoms with E-state index in [2.05, 4.69) is 0 Å². The normalized spacial score (nSPS) is 17.2. The molecule has 0 heterocycles. The van der Waals surface area contributed by atoms with Crippen LogP contribution in [0.15, 0.2) is 60.7 Å². The van der Waals surface area contributed by atoms with Gasteiger partial charge in [0, 0.05) is 12.1 Å². The van der Waals surface area contributed by atoms with Crippen LogP contribution in [0.4, 0.5) is 9.59 Å². The first-order valence-electron chi connectivity index (χ1n) is 12.3. The van der Waals surface area contributed by atoms with Crippen LogP contribution < -0.4 is 9.47 Å². The van der Waals surface area contributed by atoms with Crippen molar-refractivity contribution in [1.82, 2.24) is 9.80 Å².